The summed E-state index contributed by atoms with van der Waals surface area (Å²) in [6.07, 6.45) is 3.06. The molecule has 4 heterocycles. The number of ether oxygens (including phenoxy) is 2. The van der Waals surface area contributed by atoms with E-state index in [1.54, 1.807) is 18.2 Å². The first-order valence-electron chi connectivity index (χ1n) is 21.6. The van der Waals surface area contributed by atoms with Crippen LogP contribution in [0.2, 0.25) is 0 Å². The van der Waals surface area contributed by atoms with Gasteiger partial charge < -0.3 is 56.8 Å². The van der Waals surface area contributed by atoms with Crippen LogP contribution in [0.4, 0.5) is 0 Å². The number of carboxylic acids is 2. The van der Waals surface area contributed by atoms with Crippen LogP contribution in [-0.4, -0.2) is 173 Å². The molecule has 0 saturated heterocycles. The number of aromatic hydroxyl groups is 1. The van der Waals surface area contributed by atoms with Crippen molar-refractivity contribution in [1.29, 1.82) is 10.5 Å². The third-order valence-electron chi connectivity index (χ3n) is 8.73. The molecule has 1 aliphatic rings. The number of rotatable bonds is 18. The molecule has 400 valence electrons. The Bertz CT molecular complexity index is 2730. The first-order valence-corrected chi connectivity index (χ1v) is 26.2. The number of aliphatic imine (C=N–C) groups is 1. The molecule has 0 saturated carbocycles. The van der Waals surface area contributed by atoms with Gasteiger partial charge in [-0.25, -0.2) is 19.7 Å². The number of nitrogens with zero attached hydrogens (tertiary/aromatic N) is 9. The van der Waals surface area contributed by atoms with E-state index >= 15 is 0 Å². The second kappa shape index (κ2) is 43.0. The van der Waals surface area contributed by atoms with E-state index in [0.29, 0.717) is 29.0 Å². The molecule has 3 aromatic carbocycles. The first-order chi connectivity index (χ1) is 34.4. The van der Waals surface area contributed by atoms with E-state index in [9.17, 15) is 9.59 Å². The number of hydrogen-bond acceptors (Lipinski definition) is 23. The number of aromatic nitrogens is 3. The smallest absolute Gasteiger partial charge is 1.00 e. The maximum atomic E-state index is 11.0. The zero-order valence-corrected chi connectivity index (χ0v) is 54.9. The summed E-state index contributed by atoms with van der Waals surface area (Å²) in [6, 6.07) is 19.0. The van der Waals surface area contributed by atoms with Crippen LogP contribution >= 0.6 is 82.4 Å². The summed E-state index contributed by atoms with van der Waals surface area (Å²) in [5, 5.41) is 54.3. The average molecular weight is 1220 g/mol. The molecule has 75 heavy (non-hydrogen) atoms. The summed E-state index contributed by atoms with van der Waals surface area (Å²) in [4.78, 5) is 55.4. The molecule has 0 radical (unpaired) electrons. The Morgan fingerprint density at radius 1 is 0.827 bits per heavy atom. The molecule has 0 aliphatic carbocycles. The summed E-state index contributed by atoms with van der Waals surface area (Å²) in [5.41, 5.74) is 7.44. The van der Waals surface area contributed by atoms with E-state index in [1.807, 2.05) is 84.8 Å². The molecule has 0 unspecified atom stereocenters. The van der Waals surface area contributed by atoms with E-state index in [4.69, 9.17) is 62.7 Å². The van der Waals surface area contributed by atoms with Crippen molar-refractivity contribution in [2.75, 3.05) is 92.5 Å². The summed E-state index contributed by atoms with van der Waals surface area (Å²) in [5.74, 6) is 1.43. The summed E-state index contributed by atoms with van der Waals surface area (Å²) in [7, 11) is 12.3. The second-order valence-corrected chi connectivity index (χ2v) is 20.3. The summed E-state index contributed by atoms with van der Waals surface area (Å²) < 4.78 is 14.3. The fraction of sp³-hybridized carbons (Fsp3) is 0.413. The average Bonchev–Trinajstić information content (AvgIpc) is 4.19. The Kier molecular flexibility index (Phi) is 43.1. The molecule has 0 bridgehead atoms. The number of hydrogen-bond donors (Lipinski definition) is 5. The number of phenols is 1. The molecule has 2 atom stereocenters. The molecule has 0 amide bonds. The Labute approximate surface area is 556 Å². The SMILES string of the molecule is CN(C)CCCCl.CN(C)CCCOc1ccc2nc(C#N)sc2c1.CN(C)CCCOc1ccc2nc(C3=N[C@@H](C(=O)O)CS3)sc2c1.Cl.N#Cc1nc2ccc(O)cc2s1.N[C@H](CS)C(=O)O.O=CO[O-].[H-].[K+].[K+]. The van der Waals surface area contributed by atoms with Crippen LogP contribution in [0.25, 0.3) is 30.6 Å². The van der Waals surface area contributed by atoms with Gasteiger partial charge in [-0.05, 0) is 123 Å². The molecule has 6 aromatic rings. The number of thiazole rings is 3. The van der Waals surface area contributed by atoms with Gasteiger partial charge in [-0.3, -0.25) is 14.6 Å². The molecular weight excluding hydrogens is 1160 g/mol. The number of halogens is 2. The third kappa shape index (κ3) is 30.9. The number of aliphatic carboxylic acids is 2. The molecule has 20 nitrogen and oxygen atoms in total. The van der Waals surface area contributed by atoms with Crippen LogP contribution in [0.15, 0.2) is 59.6 Å². The van der Waals surface area contributed by atoms with Crippen molar-refractivity contribution in [2.24, 2.45) is 10.7 Å². The summed E-state index contributed by atoms with van der Waals surface area (Å²) in [6.45, 7) is 4.31. The molecule has 29 heteroatoms. The van der Waals surface area contributed by atoms with Crippen LogP contribution in [0, 0.1) is 22.7 Å². The third-order valence-corrected chi connectivity index (χ3v) is 13.4. The van der Waals surface area contributed by atoms with Crippen molar-refractivity contribution in [2.45, 2.75) is 31.3 Å². The fourth-order valence-corrected chi connectivity index (χ4v) is 9.26. The van der Waals surface area contributed by atoms with Gasteiger partial charge in [0.25, 0.3) is 6.47 Å². The quantitative estimate of drug-likeness (QED) is 0.0148. The van der Waals surface area contributed by atoms with Gasteiger partial charge in [0.1, 0.15) is 45.5 Å². The number of carbonyl (C=O) groups excluding carboxylic acids is 1. The standard InChI is InChI=1S/C16H19N3O3S2.C13H15N3OS.C8H4N2OS.C5H12ClN.C3H7NO2S.CH2O3.ClH.2K.H/c1-19(2)6-3-7-22-10-4-5-11-13(8-10)24-15(17-11)14-18-12(9-23-14)16(20)21;1-16(2)6-3-7-17-10-4-5-11-12(8-10)18-13(9-14)15-11;9-4-8-10-6-2-1-5(11)3-7(6)12-8;1-7(2)5-3-4-6;4-2(1-7)3(5)6;2-1-4-3;;;;/h4-5,8,12H,3,6-7,9H2,1-2H3,(H,20,21);4-5,8H,3,6-7H2,1-2H3;1-3,11H;3-5H2,1-2H3;2,7H,1,4H2,(H,5,6);1,3H;1H;;;/q;;;;;;;2*+1;-1/p-1/t12-;;;;2-;;;;;/m1...1...../s1. The van der Waals surface area contributed by atoms with Crippen molar-refractivity contribution in [1.82, 2.24) is 29.7 Å². The van der Waals surface area contributed by atoms with Crippen molar-refractivity contribution < 1.29 is 154 Å². The maximum absolute atomic E-state index is 11.0. The molecule has 0 fully saturated rings. The number of nitriles is 2. The zero-order valence-electron chi connectivity index (χ0n) is 43.9. The molecule has 5 N–H and O–H groups in total. The van der Waals surface area contributed by atoms with E-state index in [1.165, 1.54) is 45.8 Å². The Morgan fingerprint density at radius 2 is 1.27 bits per heavy atom. The maximum Gasteiger partial charge on any atom is 1.00 e. The number of alkyl halides is 1. The van der Waals surface area contributed by atoms with Gasteiger partial charge in [0.2, 0.25) is 0 Å². The first kappa shape index (κ1) is 75.2. The van der Waals surface area contributed by atoms with E-state index < -0.39 is 24.0 Å². The van der Waals surface area contributed by atoms with Gasteiger partial charge in [0.15, 0.2) is 16.1 Å². The fourth-order valence-electron chi connectivity index (χ4n) is 5.30. The van der Waals surface area contributed by atoms with Gasteiger partial charge in [-0.2, -0.15) is 23.2 Å². The van der Waals surface area contributed by atoms with Crippen molar-refractivity contribution in [3.63, 3.8) is 0 Å². The van der Waals surface area contributed by atoms with E-state index in [2.05, 4.69) is 58.2 Å². The number of fused-ring (bicyclic) bond motifs is 3. The van der Waals surface area contributed by atoms with Crippen LogP contribution < -0.4 is 123 Å². The number of carbonyl (C=O) groups is 3. The predicted octanol–water partition coefficient (Wildman–Crippen LogP) is 0.427. The number of thiol groups is 1. The molecule has 1 aliphatic heterocycles. The van der Waals surface area contributed by atoms with E-state index in [0.717, 1.165) is 97.0 Å². The van der Waals surface area contributed by atoms with Crippen molar-refractivity contribution >= 4 is 137 Å². The number of carboxylic acid groups (broad SMARTS) is 2. The normalized spacial score (nSPS) is 12.3. The Balaban J connectivity index is -0.000000910. The zero-order chi connectivity index (χ0) is 53.6. The number of benzene rings is 3. The van der Waals surface area contributed by atoms with Gasteiger partial charge in [0.05, 0.1) is 43.9 Å². The van der Waals surface area contributed by atoms with Gasteiger partial charge in [-0.1, -0.05) is 0 Å². The van der Waals surface area contributed by atoms with E-state index in [-0.39, 0.29) is 135 Å². The monoisotopic (exact) mass is 1220 g/mol. The Hall–Kier alpha value is -1.86. The van der Waals surface area contributed by atoms with Crippen LogP contribution in [0.1, 0.15) is 35.7 Å². The van der Waals surface area contributed by atoms with Gasteiger partial charge in [-0.15, -0.1) is 69.8 Å². The predicted molar refractivity (Wildman–Crippen MR) is 297 cm³/mol. The van der Waals surface area contributed by atoms with Gasteiger partial charge >= 0.3 is 115 Å². The topological polar surface area (TPSA) is 297 Å². The second-order valence-electron chi connectivity index (χ2n) is 15.5. The number of thioether (sulfide) groups is 1. The van der Waals surface area contributed by atoms with Crippen LogP contribution in [0.5, 0.6) is 17.2 Å². The number of nitrogens with two attached hydrogens (primary N) is 1. The molecule has 7 rings (SSSR count). The minimum absolute atomic E-state index is 0. The number of phenolic OH excluding ortho intramolecular Hbond substituents is 1. The largest absolute Gasteiger partial charge is 1.00 e. The van der Waals surface area contributed by atoms with Crippen LogP contribution in [-0.2, 0) is 19.3 Å². The Morgan fingerprint density at radius 3 is 1.64 bits per heavy atom. The minimum atomic E-state index is -1.00. The molecular formula is C46H60Cl2K2N10O10S5. The summed E-state index contributed by atoms with van der Waals surface area (Å²) >= 11 is 14.7. The molecule has 0 spiro atoms. The minimum Gasteiger partial charge on any atom is -1.00 e. The van der Waals surface area contributed by atoms with Gasteiger partial charge in [0, 0.05) is 30.5 Å². The molecule has 3 aromatic heterocycles. The van der Waals surface area contributed by atoms with Crippen molar-refractivity contribution in [3.8, 4) is 29.4 Å². The van der Waals surface area contributed by atoms with Crippen molar-refractivity contribution in [3.05, 3.63) is 69.6 Å². The van der Waals surface area contributed by atoms with Crippen LogP contribution in [0.3, 0.4) is 0 Å².